The number of nitro groups is 1. The molecule has 3 rings (SSSR count). The van der Waals surface area contributed by atoms with E-state index in [2.05, 4.69) is 10.2 Å². The van der Waals surface area contributed by atoms with Crippen LogP contribution in [0.5, 0.6) is 0 Å². The molecule has 2 heterocycles. The molecule has 0 amide bonds. The summed E-state index contributed by atoms with van der Waals surface area (Å²) in [6.07, 6.45) is 2.12. The number of aromatic amines is 1. The molecule has 0 spiro atoms. The maximum atomic E-state index is 11.4. The Hall–Kier alpha value is -2.37. The zero-order valence-electron chi connectivity index (χ0n) is 10.4. The lowest BCUT2D eigenvalue weighted by molar-refractivity contribution is -0.383. The molecule has 2 aromatic rings. The summed E-state index contributed by atoms with van der Waals surface area (Å²) in [4.78, 5) is 13.0. The van der Waals surface area contributed by atoms with Gasteiger partial charge in [-0.25, -0.2) is 0 Å². The first-order chi connectivity index (χ1) is 9.27. The molecule has 1 saturated heterocycles. The summed E-state index contributed by atoms with van der Waals surface area (Å²) in [6, 6.07) is 9.28. The SMILES string of the molecule is O=[N+]([O-])c1c(N2CCCC2)n[nH]c1-c1ccccc1. The van der Waals surface area contributed by atoms with E-state index in [0.29, 0.717) is 11.5 Å². The van der Waals surface area contributed by atoms with Gasteiger partial charge in [-0.05, 0) is 12.8 Å². The Morgan fingerprint density at radius 2 is 1.89 bits per heavy atom. The van der Waals surface area contributed by atoms with E-state index in [1.165, 1.54) is 0 Å². The summed E-state index contributed by atoms with van der Waals surface area (Å²) in [7, 11) is 0. The minimum absolute atomic E-state index is 0.0769. The Kier molecular flexibility index (Phi) is 2.91. The van der Waals surface area contributed by atoms with E-state index < -0.39 is 0 Å². The van der Waals surface area contributed by atoms with Gasteiger partial charge in [-0.15, -0.1) is 5.10 Å². The molecular formula is C13H14N4O2. The molecule has 1 N–H and O–H groups in total. The van der Waals surface area contributed by atoms with Crippen molar-refractivity contribution in [2.75, 3.05) is 18.0 Å². The Balaban J connectivity index is 2.08. The molecule has 0 unspecified atom stereocenters. The zero-order valence-corrected chi connectivity index (χ0v) is 10.4. The second-order valence-electron chi connectivity index (χ2n) is 4.59. The summed E-state index contributed by atoms with van der Waals surface area (Å²) in [5.41, 5.74) is 1.34. The topological polar surface area (TPSA) is 75.1 Å². The van der Waals surface area contributed by atoms with Gasteiger partial charge in [-0.2, -0.15) is 0 Å². The summed E-state index contributed by atoms with van der Waals surface area (Å²) in [6.45, 7) is 1.67. The average molecular weight is 258 g/mol. The maximum absolute atomic E-state index is 11.4. The van der Waals surface area contributed by atoms with Crippen LogP contribution in [0.1, 0.15) is 12.8 Å². The van der Waals surface area contributed by atoms with E-state index in [-0.39, 0.29) is 10.6 Å². The largest absolute Gasteiger partial charge is 0.349 e. The Labute approximate surface area is 110 Å². The van der Waals surface area contributed by atoms with Crippen LogP contribution >= 0.6 is 0 Å². The molecule has 98 valence electrons. The van der Waals surface area contributed by atoms with Gasteiger partial charge in [-0.1, -0.05) is 30.3 Å². The highest BCUT2D eigenvalue weighted by atomic mass is 16.6. The number of nitrogens with one attached hydrogen (secondary N) is 1. The fourth-order valence-corrected chi connectivity index (χ4v) is 2.45. The molecule has 0 bridgehead atoms. The van der Waals surface area contributed by atoms with Gasteiger partial charge in [-0.3, -0.25) is 15.2 Å². The molecule has 19 heavy (non-hydrogen) atoms. The number of nitrogens with zero attached hydrogens (tertiary/aromatic N) is 3. The van der Waals surface area contributed by atoms with E-state index in [4.69, 9.17) is 0 Å². The van der Waals surface area contributed by atoms with Gasteiger partial charge >= 0.3 is 5.69 Å². The van der Waals surface area contributed by atoms with Gasteiger partial charge in [0.2, 0.25) is 5.82 Å². The highest BCUT2D eigenvalue weighted by Crippen LogP contribution is 2.36. The normalized spacial score (nSPS) is 14.8. The van der Waals surface area contributed by atoms with Gasteiger partial charge in [0.15, 0.2) is 0 Å². The van der Waals surface area contributed by atoms with Gasteiger partial charge in [0.25, 0.3) is 0 Å². The Morgan fingerprint density at radius 1 is 1.21 bits per heavy atom. The van der Waals surface area contributed by atoms with Crippen LogP contribution in [0, 0.1) is 10.1 Å². The summed E-state index contributed by atoms with van der Waals surface area (Å²) >= 11 is 0. The van der Waals surface area contributed by atoms with E-state index >= 15 is 0 Å². The van der Waals surface area contributed by atoms with Crippen molar-refractivity contribution < 1.29 is 4.92 Å². The van der Waals surface area contributed by atoms with Gasteiger partial charge in [0.1, 0.15) is 5.69 Å². The van der Waals surface area contributed by atoms with Crippen LogP contribution in [0.2, 0.25) is 0 Å². The van der Waals surface area contributed by atoms with Gasteiger partial charge in [0, 0.05) is 18.7 Å². The molecule has 0 saturated carbocycles. The van der Waals surface area contributed by atoms with E-state index in [9.17, 15) is 10.1 Å². The molecule has 1 aliphatic heterocycles. The van der Waals surface area contributed by atoms with Crippen LogP contribution < -0.4 is 4.90 Å². The van der Waals surface area contributed by atoms with Gasteiger partial charge < -0.3 is 4.90 Å². The molecule has 6 heteroatoms. The number of hydrogen-bond donors (Lipinski definition) is 1. The molecule has 6 nitrogen and oxygen atoms in total. The van der Waals surface area contributed by atoms with Crippen molar-refractivity contribution in [2.24, 2.45) is 0 Å². The third-order valence-corrected chi connectivity index (χ3v) is 3.37. The van der Waals surface area contributed by atoms with Crippen molar-refractivity contribution in [3.8, 4) is 11.3 Å². The quantitative estimate of drug-likeness (QED) is 0.678. The Morgan fingerprint density at radius 3 is 2.53 bits per heavy atom. The van der Waals surface area contributed by atoms with Crippen LogP contribution in [0.3, 0.4) is 0 Å². The van der Waals surface area contributed by atoms with Crippen molar-refractivity contribution in [2.45, 2.75) is 12.8 Å². The summed E-state index contributed by atoms with van der Waals surface area (Å²) in [5, 5.41) is 18.3. The molecule has 1 fully saturated rings. The van der Waals surface area contributed by atoms with E-state index in [1.807, 2.05) is 35.2 Å². The number of anilines is 1. The van der Waals surface area contributed by atoms with Crippen LogP contribution in [0.15, 0.2) is 30.3 Å². The first-order valence-corrected chi connectivity index (χ1v) is 6.30. The number of hydrogen-bond acceptors (Lipinski definition) is 4. The van der Waals surface area contributed by atoms with Crippen LogP contribution in [0.4, 0.5) is 11.5 Å². The molecule has 0 aliphatic carbocycles. The minimum Gasteiger partial charge on any atom is -0.349 e. The third-order valence-electron chi connectivity index (χ3n) is 3.37. The standard InChI is InChI=1S/C13H14N4O2/c18-17(19)12-11(10-6-2-1-3-7-10)14-15-13(12)16-8-4-5-9-16/h1-3,6-7H,4-5,8-9H2,(H,14,15). The fourth-order valence-electron chi connectivity index (χ4n) is 2.45. The number of rotatable bonds is 3. The number of H-pyrrole nitrogens is 1. The van der Waals surface area contributed by atoms with E-state index in [0.717, 1.165) is 31.5 Å². The lowest BCUT2D eigenvalue weighted by atomic mass is 10.1. The number of benzene rings is 1. The zero-order chi connectivity index (χ0) is 13.2. The molecule has 1 aromatic heterocycles. The smallest absolute Gasteiger partial charge is 0.338 e. The highest BCUT2D eigenvalue weighted by Gasteiger charge is 2.30. The maximum Gasteiger partial charge on any atom is 0.338 e. The second kappa shape index (κ2) is 4.72. The van der Waals surface area contributed by atoms with Crippen molar-refractivity contribution in [3.05, 3.63) is 40.4 Å². The second-order valence-corrected chi connectivity index (χ2v) is 4.59. The first kappa shape index (κ1) is 11.7. The van der Waals surface area contributed by atoms with Crippen LogP contribution in [0.25, 0.3) is 11.3 Å². The Bertz CT molecular complexity index is 588. The fraction of sp³-hybridized carbons (Fsp3) is 0.308. The number of aromatic nitrogens is 2. The molecule has 0 radical (unpaired) electrons. The summed E-state index contributed by atoms with van der Waals surface area (Å²) in [5.74, 6) is 0.460. The molecular weight excluding hydrogens is 244 g/mol. The molecule has 1 aliphatic rings. The molecule has 1 aromatic carbocycles. The van der Waals surface area contributed by atoms with Gasteiger partial charge in [0.05, 0.1) is 4.92 Å². The third kappa shape index (κ3) is 2.05. The van der Waals surface area contributed by atoms with Crippen molar-refractivity contribution >= 4 is 11.5 Å². The van der Waals surface area contributed by atoms with Crippen LogP contribution in [-0.4, -0.2) is 28.2 Å². The monoisotopic (exact) mass is 258 g/mol. The van der Waals surface area contributed by atoms with Crippen molar-refractivity contribution in [1.82, 2.24) is 10.2 Å². The average Bonchev–Trinajstić information content (AvgIpc) is 3.08. The van der Waals surface area contributed by atoms with Crippen molar-refractivity contribution in [3.63, 3.8) is 0 Å². The lowest BCUT2D eigenvalue weighted by Crippen LogP contribution is -2.19. The minimum atomic E-state index is -0.348. The lowest BCUT2D eigenvalue weighted by Gasteiger charge is -2.12. The molecule has 0 atom stereocenters. The predicted molar refractivity (Wildman–Crippen MR) is 72.1 cm³/mol. The van der Waals surface area contributed by atoms with Crippen molar-refractivity contribution in [1.29, 1.82) is 0 Å². The van der Waals surface area contributed by atoms with E-state index in [1.54, 1.807) is 0 Å². The predicted octanol–water partition coefficient (Wildman–Crippen LogP) is 2.59. The van der Waals surface area contributed by atoms with Crippen LogP contribution in [-0.2, 0) is 0 Å². The first-order valence-electron chi connectivity index (χ1n) is 6.30. The summed E-state index contributed by atoms with van der Waals surface area (Å²) < 4.78 is 0. The highest BCUT2D eigenvalue weighted by molar-refractivity contribution is 5.78.